The Morgan fingerprint density at radius 1 is 1.32 bits per heavy atom. The van der Waals surface area contributed by atoms with Gasteiger partial charge in [0.05, 0.1) is 10.6 Å². The van der Waals surface area contributed by atoms with Crippen LogP contribution in [0.2, 0.25) is 5.02 Å². The first-order valence-corrected chi connectivity index (χ1v) is 7.77. The van der Waals surface area contributed by atoms with Gasteiger partial charge in [0.2, 0.25) is 0 Å². The van der Waals surface area contributed by atoms with Crippen molar-refractivity contribution in [2.45, 2.75) is 6.92 Å². The Labute approximate surface area is 137 Å². The zero-order chi connectivity index (χ0) is 15.5. The molecular formula is C16H12ClN3OS. The number of pyridine rings is 1. The van der Waals surface area contributed by atoms with E-state index in [1.54, 1.807) is 18.5 Å². The molecule has 0 aliphatic carbocycles. The van der Waals surface area contributed by atoms with Crippen LogP contribution < -0.4 is 5.32 Å². The van der Waals surface area contributed by atoms with Crippen molar-refractivity contribution in [3.05, 3.63) is 63.8 Å². The SMILES string of the molecule is Cc1c(Cl)cccc1N=C1NC(=O)/C(=C/c2cccnc2)S1. The van der Waals surface area contributed by atoms with Gasteiger partial charge in [-0.25, -0.2) is 4.99 Å². The molecule has 0 unspecified atom stereocenters. The van der Waals surface area contributed by atoms with Crippen molar-refractivity contribution in [1.82, 2.24) is 10.3 Å². The molecule has 1 fully saturated rings. The van der Waals surface area contributed by atoms with Gasteiger partial charge in [0.1, 0.15) is 0 Å². The van der Waals surface area contributed by atoms with Gasteiger partial charge in [-0.3, -0.25) is 9.78 Å². The van der Waals surface area contributed by atoms with E-state index in [0.717, 1.165) is 16.8 Å². The second-order valence-corrected chi connectivity index (χ2v) is 6.09. The number of nitrogens with one attached hydrogen (secondary N) is 1. The van der Waals surface area contributed by atoms with Gasteiger partial charge in [0, 0.05) is 17.4 Å². The molecule has 0 saturated carbocycles. The van der Waals surface area contributed by atoms with Crippen LogP contribution in [0.15, 0.2) is 52.6 Å². The number of amidine groups is 1. The summed E-state index contributed by atoms with van der Waals surface area (Å²) in [5.41, 5.74) is 2.51. The van der Waals surface area contributed by atoms with E-state index < -0.39 is 0 Å². The molecular weight excluding hydrogens is 318 g/mol. The third-order valence-corrected chi connectivity index (χ3v) is 4.41. The third-order valence-electron chi connectivity index (χ3n) is 3.09. The summed E-state index contributed by atoms with van der Waals surface area (Å²) in [7, 11) is 0. The molecule has 2 aromatic rings. The monoisotopic (exact) mass is 329 g/mol. The molecule has 1 amide bonds. The molecule has 3 rings (SSSR count). The van der Waals surface area contributed by atoms with Crippen molar-refractivity contribution < 1.29 is 4.79 Å². The van der Waals surface area contributed by atoms with E-state index in [1.807, 2.05) is 37.3 Å². The fraction of sp³-hybridized carbons (Fsp3) is 0.0625. The van der Waals surface area contributed by atoms with Gasteiger partial charge in [-0.1, -0.05) is 23.7 Å². The number of thioether (sulfide) groups is 1. The van der Waals surface area contributed by atoms with E-state index in [0.29, 0.717) is 15.1 Å². The molecule has 110 valence electrons. The Morgan fingerprint density at radius 3 is 2.95 bits per heavy atom. The van der Waals surface area contributed by atoms with Gasteiger partial charge < -0.3 is 5.32 Å². The smallest absolute Gasteiger partial charge is 0.264 e. The van der Waals surface area contributed by atoms with Crippen molar-refractivity contribution in [2.24, 2.45) is 4.99 Å². The summed E-state index contributed by atoms with van der Waals surface area (Å²) in [4.78, 5) is 21.1. The summed E-state index contributed by atoms with van der Waals surface area (Å²) in [5.74, 6) is -0.160. The van der Waals surface area contributed by atoms with Crippen LogP contribution in [0.4, 0.5) is 5.69 Å². The number of hydrogen-bond donors (Lipinski definition) is 1. The van der Waals surface area contributed by atoms with E-state index in [-0.39, 0.29) is 5.91 Å². The highest BCUT2D eigenvalue weighted by atomic mass is 35.5. The molecule has 1 aliphatic heterocycles. The molecule has 4 nitrogen and oxygen atoms in total. The van der Waals surface area contributed by atoms with E-state index in [2.05, 4.69) is 15.3 Å². The highest BCUT2D eigenvalue weighted by Gasteiger charge is 2.24. The van der Waals surface area contributed by atoms with Crippen LogP contribution in [0.3, 0.4) is 0 Å². The minimum atomic E-state index is -0.160. The number of carbonyl (C=O) groups is 1. The number of aromatic nitrogens is 1. The number of nitrogens with zero attached hydrogens (tertiary/aromatic N) is 2. The Balaban J connectivity index is 1.87. The summed E-state index contributed by atoms with van der Waals surface area (Å²) >= 11 is 7.38. The van der Waals surface area contributed by atoms with E-state index in [1.165, 1.54) is 11.8 Å². The standard InChI is InChI=1S/C16H12ClN3OS/c1-10-12(17)5-2-6-13(10)19-16-20-15(21)14(22-16)8-11-4-3-7-18-9-11/h2-9H,1H3,(H,19,20,21)/b14-8-. The van der Waals surface area contributed by atoms with Gasteiger partial charge >= 0.3 is 0 Å². The van der Waals surface area contributed by atoms with E-state index in [9.17, 15) is 4.79 Å². The highest BCUT2D eigenvalue weighted by molar-refractivity contribution is 8.18. The van der Waals surface area contributed by atoms with E-state index in [4.69, 9.17) is 11.6 Å². The first kappa shape index (κ1) is 14.8. The quantitative estimate of drug-likeness (QED) is 0.849. The number of carbonyl (C=O) groups excluding carboxylic acids is 1. The molecule has 1 aromatic heterocycles. The summed E-state index contributed by atoms with van der Waals surface area (Å²) in [6.45, 7) is 1.90. The van der Waals surface area contributed by atoms with Crippen LogP contribution in [-0.4, -0.2) is 16.1 Å². The lowest BCUT2D eigenvalue weighted by Gasteiger charge is -2.02. The summed E-state index contributed by atoms with van der Waals surface area (Å²) in [5, 5.41) is 3.96. The average molecular weight is 330 g/mol. The van der Waals surface area contributed by atoms with Crippen LogP contribution in [0.5, 0.6) is 0 Å². The number of hydrogen-bond acceptors (Lipinski definition) is 4. The fourth-order valence-electron chi connectivity index (χ4n) is 1.92. The third kappa shape index (κ3) is 3.21. The zero-order valence-electron chi connectivity index (χ0n) is 11.7. The van der Waals surface area contributed by atoms with Gasteiger partial charge in [0.25, 0.3) is 5.91 Å². The first-order valence-electron chi connectivity index (χ1n) is 6.58. The number of halogens is 1. The Bertz CT molecular complexity index is 787. The maximum absolute atomic E-state index is 12.0. The van der Waals surface area contributed by atoms with Gasteiger partial charge in [-0.15, -0.1) is 0 Å². The lowest BCUT2D eigenvalue weighted by Crippen LogP contribution is -2.19. The normalized spacial score (nSPS) is 18.0. The minimum absolute atomic E-state index is 0.160. The molecule has 6 heteroatoms. The molecule has 0 radical (unpaired) electrons. The molecule has 0 atom stereocenters. The van der Waals surface area contributed by atoms with Crippen LogP contribution in [0.1, 0.15) is 11.1 Å². The Hall–Kier alpha value is -2.11. The molecule has 0 spiro atoms. The molecule has 0 bridgehead atoms. The van der Waals surface area contributed by atoms with E-state index >= 15 is 0 Å². The lowest BCUT2D eigenvalue weighted by atomic mass is 10.2. The zero-order valence-corrected chi connectivity index (χ0v) is 13.3. The summed E-state index contributed by atoms with van der Waals surface area (Å²) < 4.78 is 0. The predicted molar refractivity (Wildman–Crippen MR) is 91.2 cm³/mol. The van der Waals surface area contributed by atoms with Crippen LogP contribution in [-0.2, 0) is 4.79 Å². The number of rotatable bonds is 2. The van der Waals surface area contributed by atoms with Gasteiger partial charge in [0.15, 0.2) is 5.17 Å². The number of aliphatic imine (C=N–C) groups is 1. The average Bonchev–Trinajstić information content (AvgIpc) is 2.85. The summed E-state index contributed by atoms with van der Waals surface area (Å²) in [6.07, 6.45) is 5.19. The molecule has 22 heavy (non-hydrogen) atoms. The highest BCUT2D eigenvalue weighted by Crippen LogP contribution is 2.30. The van der Waals surface area contributed by atoms with Crippen molar-refractivity contribution in [1.29, 1.82) is 0 Å². The first-order chi connectivity index (χ1) is 10.6. The van der Waals surface area contributed by atoms with Crippen molar-refractivity contribution in [3.8, 4) is 0 Å². The second kappa shape index (κ2) is 6.34. The predicted octanol–water partition coefficient (Wildman–Crippen LogP) is 3.94. The minimum Gasteiger partial charge on any atom is -0.300 e. The topological polar surface area (TPSA) is 54.4 Å². The molecule has 1 aliphatic rings. The van der Waals surface area contributed by atoms with Crippen LogP contribution in [0.25, 0.3) is 6.08 Å². The van der Waals surface area contributed by atoms with Gasteiger partial charge in [-0.05, 0) is 54.1 Å². The molecule has 1 aromatic carbocycles. The van der Waals surface area contributed by atoms with Gasteiger partial charge in [-0.2, -0.15) is 0 Å². The molecule has 1 saturated heterocycles. The molecule has 2 heterocycles. The Morgan fingerprint density at radius 2 is 2.18 bits per heavy atom. The second-order valence-electron chi connectivity index (χ2n) is 4.65. The maximum Gasteiger partial charge on any atom is 0.264 e. The fourth-order valence-corrected chi connectivity index (χ4v) is 2.92. The Kier molecular flexibility index (Phi) is 4.27. The number of amides is 1. The van der Waals surface area contributed by atoms with Crippen molar-refractivity contribution >= 4 is 46.2 Å². The van der Waals surface area contributed by atoms with Crippen LogP contribution in [0, 0.1) is 6.92 Å². The van der Waals surface area contributed by atoms with Crippen molar-refractivity contribution in [2.75, 3.05) is 0 Å². The van der Waals surface area contributed by atoms with Crippen LogP contribution >= 0.6 is 23.4 Å². The molecule has 1 N–H and O–H groups in total. The number of benzene rings is 1. The summed E-state index contributed by atoms with van der Waals surface area (Å²) in [6, 6.07) is 9.24. The largest absolute Gasteiger partial charge is 0.300 e. The maximum atomic E-state index is 12.0. The lowest BCUT2D eigenvalue weighted by molar-refractivity contribution is -0.115. The van der Waals surface area contributed by atoms with Crippen molar-refractivity contribution in [3.63, 3.8) is 0 Å².